The second-order valence-electron chi connectivity index (χ2n) is 7.06. The van der Waals surface area contributed by atoms with Gasteiger partial charge in [-0.15, -0.1) is 0 Å². The highest BCUT2D eigenvalue weighted by Gasteiger charge is 2.13. The van der Waals surface area contributed by atoms with Crippen LogP contribution in [-0.4, -0.2) is 27.2 Å². The zero-order valence-electron chi connectivity index (χ0n) is 18.2. The Morgan fingerprint density at radius 2 is 1.93 bits per heavy atom. The van der Waals surface area contributed by atoms with Crippen molar-refractivity contribution in [3.63, 3.8) is 0 Å². The SMILES string of the molecule is CCNC(=NCc1c(CC)noc1CC)NCc1nccn1CCc1ccccc1. The maximum Gasteiger partial charge on any atom is 0.191 e. The molecule has 3 rings (SSSR count). The molecule has 0 aliphatic heterocycles. The van der Waals surface area contributed by atoms with E-state index in [-0.39, 0.29) is 0 Å². The first-order valence-corrected chi connectivity index (χ1v) is 10.8. The van der Waals surface area contributed by atoms with Crippen LogP contribution in [0.2, 0.25) is 0 Å². The number of aryl methyl sites for hydroxylation is 4. The predicted octanol–water partition coefficient (Wildman–Crippen LogP) is 3.49. The number of aromatic nitrogens is 3. The number of nitrogens with zero attached hydrogens (tertiary/aromatic N) is 4. The highest BCUT2D eigenvalue weighted by molar-refractivity contribution is 5.79. The summed E-state index contributed by atoms with van der Waals surface area (Å²) in [5, 5.41) is 10.9. The van der Waals surface area contributed by atoms with E-state index in [1.54, 1.807) is 0 Å². The van der Waals surface area contributed by atoms with Crippen molar-refractivity contribution in [3.05, 3.63) is 71.1 Å². The molecule has 0 spiro atoms. The number of nitrogens with one attached hydrogen (secondary N) is 2. The molecular formula is C23H32N6O. The van der Waals surface area contributed by atoms with Crippen LogP contribution in [0.3, 0.4) is 0 Å². The van der Waals surface area contributed by atoms with Gasteiger partial charge in [-0.25, -0.2) is 9.98 Å². The van der Waals surface area contributed by atoms with Crippen LogP contribution in [0.15, 0.2) is 52.2 Å². The monoisotopic (exact) mass is 408 g/mol. The fourth-order valence-corrected chi connectivity index (χ4v) is 3.38. The van der Waals surface area contributed by atoms with Crippen LogP contribution in [0.1, 0.15) is 49.2 Å². The Morgan fingerprint density at radius 1 is 1.10 bits per heavy atom. The molecule has 0 aliphatic carbocycles. The highest BCUT2D eigenvalue weighted by Crippen LogP contribution is 2.16. The van der Waals surface area contributed by atoms with Crippen molar-refractivity contribution in [2.75, 3.05) is 6.54 Å². The number of aliphatic imine (C=N–C) groups is 1. The Kier molecular flexibility index (Phi) is 8.06. The Bertz CT molecular complexity index is 907. The molecule has 7 heteroatoms. The summed E-state index contributed by atoms with van der Waals surface area (Å²) in [5.74, 6) is 2.67. The van der Waals surface area contributed by atoms with Gasteiger partial charge < -0.3 is 19.7 Å². The van der Waals surface area contributed by atoms with Gasteiger partial charge in [0.1, 0.15) is 11.6 Å². The number of rotatable bonds is 10. The molecule has 1 aromatic carbocycles. The van der Waals surface area contributed by atoms with E-state index in [4.69, 9.17) is 9.52 Å². The van der Waals surface area contributed by atoms with Crippen LogP contribution in [0.25, 0.3) is 0 Å². The molecule has 2 heterocycles. The van der Waals surface area contributed by atoms with Crippen molar-refractivity contribution in [3.8, 4) is 0 Å². The summed E-state index contributed by atoms with van der Waals surface area (Å²) in [5.41, 5.74) is 3.41. The lowest BCUT2D eigenvalue weighted by Crippen LogP contribution is -2.37. The predicted molar refractivity (Wildman–Crippen MR) is 119 cm³/mol. The number of imidazole rings is 1. The molecule has 30 heavy (non-hydrogen) atoms. The van der Waals surface area contributed by atoms with Crippen LogP contribution < -0.4 is 10.6 Å². The first kappa shape index (κ1) is 21.6. The van der Waals surface area contributed by atoms with E-state index in [2.05, 4.69) is 70.4 Å². The molecule has 0 unspecified atom stereocenters. The van der Waals surface area contributed by atoms with E-state index < -0.39 is 0 Å². The molecule has 0 amide bonds. The van der Waals surface area contributed by atoms with Gasteiger partial charge >= 0.3 is 0 Å². The first-order chi connectivity index (χ1) is 14.7. The van der Waals surface area contributed by atoms with Gasteiger partial charge in [0.2, 0.25) is 0 Å². The Labute approximate surface area is 178 Å². The van der Waals surface area contributed by atoms with Crippen molar-refractivity contribution in [2.24, 2.45) is 4.99 Å². The Hall–Kier alpha value is -3.09. The lowest BCUT2D eigenvalue weighted by Gasteiger charge is -2.13. The van der Waals surface area contributed by atoms with Crippen LogP contribution in [-0.2, 0) is 38.9 Å². The van der Waals surface area contributed by atoms with Gasteiger partial charge in [-0.3, -0.25) is 0 Å². The minimum atomic E-state index is 0.549. The van der Waals surface area contributed by atoms with E-state index in [1.165, 1.54) is 5.56 Å². The van der Waals surface area contributed by atoms with Gasteiger partial charge in [0.05, 0.1) is 18.8 Å². The van der Waals surface area contributed by atoms with E-state index in [9.17, 15) is 0 Å². The molecule has 7 nitrogen and oxygen atoms in total. The molecule has 3 aromatic rings. The summed E-state index contributed by atoms with van der Waals surface area (Å²) >= 11 is 0. The number of benzene rings is 1. The van der Waals surface area contributed by atoms with E-state index in [0.717, 1.165) is 61.2 Å². The summed E-state index contributed by atoms with van der Waals surface area (Å²) in [4.78, 5) is 9.27. The van der Waals surface area contributed by atoms with Gasteiger partial charge in [-0.1, -0.05) is 49.3 Å². The fraction of sp³-hybridized carbons (Fsp3) is 0.435. The smallest absolute Gasteiger partial charge is 0.191 e. The molecular weight excluding hydrogens is 376 g/mol. The lowest BCUT2D eigenvalue weighted by atomic mass is 10.1. The van der Waals surface area contributed by atoms with E-state index in [0.29, 0.717) is 13.1 Å². The molecule has 160 valence electrons. The number of hydrogen-bond donors (Lipinski definition) is 2. The average molecular weight is 409 g/mol. The summed E-state index contributed by atoms with van der Waals surface area (Å²) in [7, 11) is 0. The maximum atomic E-state index is 5.45. The molecule has 0 radical (unpaired) electrons. The molecule has 0 saturated heterocycles. The van der Waals surface area contributed by atoms with Crippen molar-refractivity contribution >= 4 is 5.96 Å². The summed E-state index contributed by atoms with van der Waals surface area (Å²) in [6, 6.07) is 10.5. The molecule has 2 aromatic heterocycles. The third-order valence-corrected chi connectivity index (χ3v) is 5.05. The van der Waals surface area contributed by atoms with Gasteiger partial charge in [0.15, 0.2) is 5.96 Å². The topological polar surface area (TPSA) is 80.3 Å². The zero-order valence-corrected chi connectivity index (χ0v) is 18.2. The summed E-state index contributed by atoms with van der Waals surface area (Å²) in [6.07, 6.45) is 6.52. The van der Waals surface area contributed by atoms with Crippen molar-refractivity contribution < 1.29 is 4.52 Å². The Morgan fingerprint density at radius 3 is 2.67 bits per heavy atom. The first-order valence-electron chi connectivity index (χ1n) is 10.8. The van der Waals surface area contributed by atoms with Crippen molar-refractivity contribution in [2.45, 2.75) is 59.7 Å². The van der Waals surface area contributed by atoms with Gasteiger partial charge in [0.25, 0.3) is 0 Å². The molecule has 0 atom stereocenters. The lowest BCUT2D eigenvalue weighted by molar-refractivity contribution is 0.380. The zero-order chi connectivity index (χ0) is 21.2. The van der Waals surface area contributed by atoms with Crippen LogP contribution in [0.4, 0.5) is 0 Å². The van der Waals surface area contributed by atoms with Crippen LogP contribution >= 0.6 is 0 Å². The standard InChI is InChI=1S/C23H32N6O/c1-4-20-19(21(5-2)30-28-20)16-26-23(24-6-3)27-17-22-25-13-15-29(22)14-12-18-10-8-7-9-11-18/h7-11,13,15H,4-6,12,14,16-17H2,1-3H3,(H2,24,26,27). The number of hydrogen-bond acceptors (Lipinski definition) is 4. The maximum absolute atomic E-state index is 5.45. The quantitative estimate of drug-likeness (QED) is 0.396. The Balaban J connectivity index is 1.62. The van der Waals surface area contributed by atoms with E-state index in [1.807, 2.05) is 18.5 Å². The minimum Gasteiger partial charge on any atom is -0.361 e. The van der Waals surface area contributed by atoms with Gasteiger partial charge in [-0.05, 0) is 25.3 Å². The average Bonchev–Trinajstić information content (AvgIpc) is 3.40. The van der Waals surface area contributed by atoms with Crippen molar-refractivity contribution in [1.82, 2.24) is 25.3 Å². The second kappa shape index (κ2) is 11.2. The third-order valence-electron chi connectivity index (χ3n) is 5.05. The third kappa shape index (κ3) is 5.72. The van der Waals surface area contributed by atoms with Gasteiger partial charge in [-0.2, -0.15) is 0 Å². The normalized spacial score (nSPS) is 11.6. The van der Waals surface area contributed by atoms with E-state index >= 15 is 0 Å². The summed E-state index contributed by atoms with van der Waals surface area (Å²) < 4.78 is 7.64. The van der Waals surface area contributed by atoms with Crippen molar-refractivity contribution in [1.29, 1.82) is 0 Å². The molecule has 0 fully saturated rings. The molecule has 0 saturated carbocycles. The minimum absolute atomic E-state index is 0.549. The van der Waals surface area contributed by atoms with Gasteiger partial charge in [0, 0.05) is 37.5 Å². The fourth-order valence-electron chi connectivity index (χ4n) is 3.38. The van der Waals surface area contributed by atoms with Crippen LogP contribution in [0, 0.1) is 0 Å². The summed E-state index contributed by atoms with van der Waals surface area (Å²) in [6.45, 7) is 9.07. The number of guanidine groups is 1. The molecule has 0 bridgehead atoms. The largest absolute Gasteiger partial charge is 0.361 e. The molecule has 0 aliphatic rings. The second-order valence-corrected chi connectivity index (χ2v) is 7.06. The highest BCUT2D eigenvalue weighted by atomic mass is 16.5. The van der Waals surface area contributed by atoms with Crippen LogP contribution in [0.5, 0.6) is 0 Å². The molecule has 2 N–H and O–H groups in total.